The van der Waals surface area contributed by atoms with Gasteiger partial charge in [0.15, 0.2) is 5.78 Å². The summed E-state index contributed by atoms with van der Waals surface area (Å²) in [6.07, 6.45) is 0. The molecule has 0 atom stereocenters. The first kappa shape index (κ1) is 11.9. The van der Waals surface area contributed by atoms with Gasteiger partial charge in [0.1, 0.15) is 5.82 Å². The van der Waals surface area contributed by atoms with Crippen LogP contribution in [-0.2, 0) is 0 Å². The average Bonchev–Trinajstić information content (AvgIpc) is 2.21. The summed E-state index contributed by atoms with van der Waals surface area (Å²) in [6, 6.07) is 4.43. The molecule has 1 N–H and O–H groups in total. The number of halogens is 1. The molecule has 0 aromatic heterocycles. The van der Waals surface area contributed by atoms with Gasteiger partial charge < -0.3 is 5.32 Å². The second-order valence-electron chi connectivity index (χ2n) is 4.17. The number of Topliss-reactive ketones (excluding diaryl/α,β-unsaturated/α-hetero) is 1. The Hall–Kier alpha value is -1.22. The van der Waals surface area contributed by atoms with Crippen LogP contribution < -0.4 is 5.32 Å². The van der Waals surface area contributed by atoms with Gasteiger partial charge in [0, 0.05) is 5.56 Å². The fourth-order valence-electron chi connectivity index (χ4n) is 1.26. The Bertz CT molecular complexity index is 385. The molecule has 0 bridgehead atoms. The minimum Gasteiger partial charge on any atom is -0.308 e. The summed E-state index contributed by atoms with van der Waals surface area (Å²) in [6.45, 7) is 5.25. The minimum absolute atomic E-state index is 0.0342. The highest BCUT2D eigenvalue weighted by molar-refractivity contribution is 6.02. The maximum Gasteiger partial charge on any atom is 0.182 e. The molecule has 0 aliphatic rings. The third-order valence-corrected chi connectivity index (χ3v) is 2.61. The number of aryl methyl sites for hydroxylation is 1. The zero-order chi connectivity index (χ0) is 11.6. The Morgan fingerprint density at radius 3 is 2.47 bits per heavy atom. The van der Waals surface area contributed by atoms with Crippen molar-refractivity contribution in [1.82, 2.24) is 5.32 Å². The van der Waals surface area contributed by atoms with Crippen LogP contribution in [0.5, 0.6) is 0 Å². The molecule has 0 aliphatic heterocycles. The summed E-state index contributed by atoms with van der Waals surface area (Å²) in [5.41, 5.74) is 0.408. The minimum atomic E-state index is -0.621. The molecule has 0 heterocycles. The van der Waals surface area contributed by atoms with E-state index in [1.807, 2.05) is 0 Å². The molecule has 0 saturated heterocycles. The molecule has 1 rings (SSSR count). The molecule has 82 valence electrons. The van der Waals surface area contributed by atoms with Crippen LogP contribution in [0.1, 0.15) is 29.8 Å². The van der Waals surface area contributed by atoms with Gasteiger partial charge in [-0.25, -0.2) is 4.39 Å². The van der Waals surface area contributed by atoms with E-state index in [0.717, 1.165) is 0 Å². The van der Waals surface area contributed by atoms with Crippen molar-refractivity contribution in [3.05, 3.63) is 35.1 Å². The molecule has 0 unspecified atom stereocenters. The number of carbonyl (C=O) groups excluding carboxylic acids is 1. The molecule has 2 nitrogen and oxygen atoms in total. The third-order valence-electron chi connectivity index (χ3n) is 2.61. The van der Waals surface area contributed by atoms with Crippen LogP contribution >= 0.6 is 0 Å². The summed E-state index contributed by atoms with van der Waals surface area (Å²) in [5.74, 6) is -0.318. The van der Waals surface area contributed by atoms with E-state index in [1.165, 1.54) is 12.1 Å². The first-order chi connectivity index (χ1) is 6.88. The third kappa shape index (κ3) is 2.42. The van der Waals surface area contributed by atoms with Crippen LogP contribution in [0.2, 0.25) is 0 Å². The van der Waals surface area contributed by atoms with Crippen molar-refractivity contribution in [3.63, 3.8) is 0 Å². The van der Waals surface area contributed by atoms with Gasteiger partial charge in [-0.15, -0.1) is 0 Å². The molecule has 0 spiro atoms. The SMILES string of the molecule is CNC(C)(C)C(=O)c1ccc(F)c(C)c1. The van der Waals surface area contributed by atoms with Gasteiger partial charge in [-0.3, -0.25) is 4.79 Å². The van der Waals surface area contributed by atoms with Crippen LogP contribution in [0.3, 0.4) is 0 Å². The molecule has 0 amide bonds. The van der Waals surface area contributed by atoms with Crippen molar-refractivity contribution in [3.8, 4) is 0 Å². The molecule has 0 aliphatic carbocycles. The van der Waals surface area contributed by atoms with Crippen LogP contribution in [0, 0.1) is 12.7 Å². The molecule has 0 radical (unpaired) electrons. The number of benzene rings is 1. The second kappa shape index (κ2) is 4.11. The van der Waals surface area contributed by atoms with E-state index in [2.05, 4.69) is 5.32 Å². The highest BCUT2D eigenvalue weighted by atomic mass is 19.1. The van der Waals surface area contributed by atoms with Crippen LogP contribution in [0.15, 0.2) is 18.2 Å². The summed E-state index contributed by atoms with van der Waals surface area (Å²) in [7, 11) is 1.73. The van der Waals surface area contributed by atoms with Crippen molar-refractivity contribution in [2.45, 2.75) is 26.3 Å². The Kier molecular flexibility index (Phi) is 3.25. The highest BCUT2D eigenvalue weighted by Crippen LogP contribution is 2.15. The predicted molar refractivity (Wildman–Crippen MR) is 58.6 cm³/mol. The number of hydrogen-bond acceptors (Lipinski definition) is 2. The molecule has 15 heavy (non-hydrogen) atoms. The van der Waals surface area contributed by atoms with Gasteiger partial charge in [0.05, 0.1) is 5.54 Å². The lowest BCUT2D eigenvalue weighted by atomic mass is 9.92. The Morgan fingerprint density at radius 2 is 2.00 bits per heavy atom. The van der Waals surface area contributed by atoms with E-state index in [9.17, 15) is 9.18 Å². The van der Waals surface area contributed by atoms with Crippen molar-refractivity contribution in [2.75, 3.05) is 7.05 Å². The topological polar surface area (TPSA) is 29.1 Å². The predicted octanol–water partition coefficient (Wildman–Crippen LogP) is 2.31. The number of hydrogen-bond donors (Lipinski definition) is 1. The lowest BCUT2D eigenvalue weighted by Gasteiger charge is -2.22. The lowest BCUT2D eigenvalue weighted by Crippen LogP contribution is -2.44. The number of ketones is 1. The average molecular weight is 209 g/mol. The largest absolute Gasteiger partial charge is 0.308 e. The molecule has 1 aromatic carbocycles. The zero-order valence-corrected chi connectivity index (χ0v) is 9.52. The van der Waals surface area contributed by atoms with Gasteiger partial charge in [-0.2, -0.15) is 0 Å². The maximum absolute atomic E-state index is 13.0. The van der Waals surface area contributed by atoms with Crippen molar-refractivity contribution in [2.24, 2.45) is 0 Å². The van der Waals surface area contributed by atoms with Gasteiger partial charge in [0.2, 0.25) is 0 Å². The highest BCUT2D eigenvalue weighted by Gasteiger charge is 2.26. The van der Waals surface area contributed by atoms with E-state index in [0.29, 0.717) is 11.1 Å². The monoisotopic (exact) mass is 209 g/mol. The van der Waals surface area contributed by atoms with Crippen molar-refractivity contribution < 1.29 is 9.18 Å². The molecular weight excluding hydrogens is 193 g/mol. The number of rotatable bonds is 3. The van der Waals surface area contributed by atoms with E-state index in [1.54, 1.807) is 33.9 Å². The standard InChI is InChI=1S/C12H16FNO/c1-8-7-9(5-6-10(8)13)11(15)12(2,3)14-4/h5-7,14H,1-4H3. The first-order valence-corrected chi connectivity index (χ1v) is 4.88. The van der Waals surface area contributed by atoms with Gasteiger partial charge in [-0.1, -0.05) is 0 Å². The van der Waals surface area contributed by atoms with E-state index in [4.69, 9.17) is 0 Å². The van der Waals surface area contributed by atoms with E-state index in [-0.39, 0.29) is 11.6 Å². The normalized spacial score (nSPS) is 11.5. The molecular formula is C12H16FNO. The summed E-state index contributed by atoms with van der Waals surface area (Å²) in [4.78, 5) is 12.0. The second-order valence-corrected chi connectivity index (χ2v) is 4.17. The zero-order valence-electron chi connectivity index (χ0n) is 9.52. The van der Waals surface area contributed by atoms with Crippen LogP contribution in [0.25, 0.3) is 0 Å². The van der Waals surface area contributed by atoms with E-state index >= 15 is 0 Å². The fraction of sp³-hybridized carbons (Fsp3) is 0.417. The quantitative estimate of drug-likeness (QED) is 0.774. The molecule has 1 aromatic rings. The maximum atomic E-state index is 13.0. The smallest absolute Gasteiger partial charge is 0.182 e. The number of likely N-dealkylation sites (N-methyl/N-ethyl adjacent to an activating group) is 1. The Morgan fingerprint density at radius 1 is 1.40 bits per heavy atom. The molecule has 0 saturated carbocycles. The van der Waals surface area contributed by atoms with Crippen molar-refractivity contribution >= 4 is 5.78 Å². The summed E-state index contributed by atoms with van der Waals surface area (Å²) < 4.78 is 13.0. The van der Waals surface area contributed by atoms with Crippen LogP contribution in [0.4, 0.5) is 4.39 Å². The number of carbonyl (C=O) groups is 1. The van der Waals surface area contributed by atoms with Gasteiger partial charge in [0.25, 0.3) is 0 Å². The summed E-state index contributed by atoms with van der Waals surface area (Å²) in [5, 5.41) is 2.93. The van der Waals surface area contributed by atoms with Crippen LogP contribution in [-0.4, -0.2) is 18.4 Å². The van der Waals surface area contributed by atoms with Gasteiger partial charge in [-0.05, 0) is 51.6 Å². The molecule has 3 heteroatoms. The fourth-order valence-corrected chi connectivity index (χ4v) is 1.26. The Balaban J connectivity index is 3.08. The lowest BCUT2D eigenvalue weighted by molar-refractivity contribution is 0.0889. The molecule has 0 fully saturated rings. The number of nitrogens with one attached hydrogen (secondary N) is 1. The Labute approximate surface area is 89.5 Å². The first-order valence-electron chi connectivity index (χ1n) is 4.88. The van der Waals surface area contributed by atoms with Crippen molar-refractivity contribution in [1.29, 1.82) is 0 Å². The van der Waals surface area contributed by atoms with Gasteiger partial charge >= 0.3 is 0 Å². The summed E-state index contributed by atoms with van der Waals surface area (Å²) >= 11 is 0. The van der Waals surface area contributed by atoms with E-state index < -0.39 is 5.54 Å².